The summed E-state index contributed by atoms with van der Waals surface area (Å²) in [4.78, 5) is 30.2. The van der Waals surface area contributed by atoms with Gasteiger partial charge in [0.2, 0.25) is 0 Å². The average molecular weight is 318 g/mol. The molecule has 0 saturated heterocycles. The zero-order valence-corrected chi connectivity index (χ0v) is 13.0. The van der Waals surface area contributed by atoms with E-state index in [1.807, 2.05) is 13.8 Å². The molecular weight excluding hydrogens is 300 g/mol. The topological polar surface area (TPSA) is 113 Å². The minimum Gasteiger partial charge on any atom is -0.486 e. The molecule has 23 heavy (non-hydrogen) atoms. The van der Waals surface area contributed by atoms with Crippen LogP contribution in [0.15, 0.2) is 12.7 Å². The molecule has 0 aliphatic heterocycles. The van der Waals surface area contributed by atoms with Crippen LogP contribution >= 0.6 is 0 Å². The van der Waals surface area contributed by atoms with Crippen molar-refractivity contribution in [2.75, 3.05) is 6.61 Å². The fourth-order valence-electron chi connectivity index (χ4n) is 2.59. The molecule has 0 fully saturated rings. The summed E-state index contributed by atoms with van der Waals surface area (Å²) < 4.78 is 5.48. The Labute approximate surface area is 132 Å². The van der Waals surface area contributed by atoms with Gasteiger partial charge in [-0.15, -0.1) is 0 Å². The van der Waals surface area contributed by atoms with E-state index in [-0.39, 0.29) is 12.4 Å². The SMILES string of the molecule is C=CCOc1c(C(=O)O)c(C(=O)O)nc2c(CC)c(CC)[nH]c12. The van der Waals surface area contributed by atoms with Gasteiger partial charge in [0.1, 0.15) is 17.7 Å². The van der Waals surface area contributed by atoms with Crippen molar-refractivity contribution in [3.05, 3.63) is 35.2 Å². The van der Waals surface area contributed by atoms with E-state index < -0.39 is 23.2 Å². The van der Waals surface area contributed by atoms with Gasteiger partial charge in [0.05, 0.1) is 5.52 Å². The van der Waals surface area contributed by atoms with Crippen LogP contribution in [0.1, 0.15) is 46.0 Å². The molecule has 0 unspecified atom stereocenters. The molecule has 0 aromatic carbocycles. The number of aryl methyl sites for hydroxylation is 2. The maximum atomic E-state index is 11.6. The van der Waals surface area contributed by atoms with Crippen molar-refractivity contribution in [1.82, 2.24) is 9.97 Å². The van der Waals surface area contributed by atoms with Gasteiger partial charge in [-0.3, -0.25) is 0 Å². The van der Waals surface area contributed by atoms with Gasteiger partial charge < -0.3 is 19.9 Å². The third kappa shape index (κ3) is 2.77. The lowest BCUT2D eigenvalue weighted by atomic mass is 10.1. The molecule has 0 atom stereocenters. The number of hydrogen-bond donors (Lipinski definition) is 3. The summed E-state index contributed by atoms with van der Waals surface area (Å²) in [5.41, 5.74) is 1.61. The molecule has 2 aromatic heterocycles. The molecule has 122 valence electrons. The highest BCUT2D eigenvalue weighted by Gasteiger charge is 2.28. The van der Waals surface area contributed by atoms with Crippen molar-refractivity contribution in [2.24, 2.45) is 0 Å². The summed E-state index contributed by atoms with van der Waals surface area (Å²) in [5, 5.41) is 18.8. The number of nitrogens with one attached hydrogen (secondary N) is 1. The second-order valence-corrected chi connectivity index (χ2v) is 4.89. The molecule has 7 nitrogen and oxygen atoms in total. The van der Waals surface area contributed by atoms with Crippen LogP contribution in [0.25, 0.3) is 11.0 Å². The Morgan fingerprint density at radius 2 is 1.96 bits per heavy atom. The predicted molar refractivity (Wildman–Crippen MR) is 84.5 cm³/mol. The highest BCUT2D eigenvalue weighted by atomic mass is 16.5. The van der Waals surface area contributed by atoms with Gasteiger partial charge in [-0.25, -0.2) is 14.6 Å². The van der Waals surface area contributed by atoms with E-state index >= 15 is 0 Å². The first-order valence-corrected chi connectivity index (χ1v) is 7.23. The number of aromatic nitrogens is 2. The molecule has 0 amide bonds. The molecule has 2 rings (SSSR count). The number of carbonyl (C=O) groups is 2. The maximum Gasteiger partial charge on any atom is 0.355 e. The van der Waals surface area contributed by atoms with Crippen molar-refractivity contribution in [2.45, 2.75) is 26.7 Å². The summed E-state index contributed by atoms with van der Waals surface area (Å²) in [5.74, 6) is -2.83. The quantitative estimate of drug-likeness (QED) is 0.676. The van der Waals surface area contributed by atoms with Gasteiger partial charge in [-0.2, -0.15) is 0 Å². The molecule has 0 aliphatic rings. The molecule has 0 saturated carbocycles. The largest absolute Gasteiger partial charge is 0.486 e. The number of aromatic carboxylic acids is 2. The molecule has 0 bridgehead atoms. The summed E-state index contributed by atoms with van der Waals surface area (Å²) in [6.07, 6.45) is 2.79. The van der Waals surface area contributed by atoms with E-state index in [0.717, 1.165) is 11.3 Å². The van der Waals surface area contributed by atoms with Crippen LogP contribution < -0.4 is 4.74 Å². The number of rotatable bonds is 7. The first kappa shape index (κ1) is 16.5. The van der Waals surface area contributed by atoms with Crippen LogP contribution in [-0.2, 0) is 12.8 Å². The van der Waals surface area contributed by atoms with E-state index in [9.17, 15) is 19.8 Å². The molecule has 3 N–H and O–H groups in total. The van der Waals surface area contributed by atoms with Gasteiger partial charge in [-0.05, 0) is 18.4 Å². The number of carboxylic acid groups (broad SMARTS) is 2. The second kappa shape index (κ2) is 6.51. The number of H-pyrrole nitrogens is 1. The Bertz CT molecular complexity index is 792. The zero-order chi connectivity index (χ0) is 17.1. The highest BCUT2D eigenvalue weighted by Crippen LogP contribution is 2.34. The molecule has 0 radical (unpaired) electrons. The highest BCUT2D eigenvalue weighted by molar-refractivity contribution is 6.07. The van der Waals surface area contributed by atoms with Gasteiger partial charge in [-0.1, -0.05) is 26.5 Å². The van der Waals surface area contributed by atoms with Crippen LogP contribution in [0.2, 0.25) is 0 Å². The molecule has 7 heteroatoms. The standard InChI is InChI=1S/C16H18N2O5/c1-4-7-23-14-10(15(19)20)12(16(21)22)18-11-8(5-2)9(6-3)17-13(11)14/h4,17H,1,5-7H2,2-3H3,(H,19,20)(H,21,22). The smallest absolute Gasteiger partial charge is 0.355 e. The Kier molecular flexibility index (Phi) is 4.68. The van der Waals surface area contributed by atoms with Crippen molar-refractivity contribution in [1.29, 1.82) is 0 Å². The third-order valence-corrected chi connectivity index (χ3v) is 3.55. The number of nitrogens with zero attached hydrogens (tertiary/aromatic N) is 1. The fourth-order valence-corrected chi connectivity index (χ4v) is 2.59. The number of carboxylic acids is 2. The number of pyridine rings is 1. The Balaban J connectivity index is 2.94. The van der Waals surface area contributed by atoms with Gasteiger partial charge in [0.15, 0.2) is 11.4 Å². The molecular formula is C16H18N2O5. The second-order valence-electron chi connectivity index (χ2n) is 4.89. The van der Waals surface area contributed by atoms with E-state index in [1.54, 1.807) is 0 Å². The number of aromatic amines is 1. The van der Waals surface area contributed by atoms with Crippen LogP contribution in [0, 0.1) is 0 Å². The lowest BCUT2D eigenvalue weighted by Crippen LogP contribution is -2.14. The van der Waals surface area contributed by atoms with E-state index in [1.165, 1.54) is 6.08 Å². The van der Waals surface area contributed by atoms with Crippen molar-refractivity contribution in [3.8, 4) is 5.75 Å². The van der Waals surface area contributed by atoms with Crippen LogP contribution in [-0.4, -0.2) is 38.7 Å². The van der Waals surface area contributed by atoms with Gasteiger partial charge in [0, 0.05) is 5.69 Å². The minimum atomic E-state index is -1.41. The van der Waals surface area contributed by atoms with E-state index in [4.69, 9.17) is 4.74 Å². The maximum absolute atomic E-state index is 11.6. The lowest BCUT2D eigenvalue weighted by Gasteiger charge is -2.11. The molecule has 2 heterocycles. The van der Waals surface area contributed by atoms with Crippen molar-refractivity contribution < 1.29 is 24.5 Å². The summed E-state index contributed by atoms with van der Waals surface area (Å²) >= 11 is 0. The normalized spacial score (nSPS) is 10.7. The van der Waals surface area contributed by atoms with Gasteiger partial charge >= 0.3 is 11.9 Å². The van der Waals surface area contributed by atoms with Crippen LogP contribution in [0.3, 0.4) is 0 Å². The molecule has 0 spiro atoms. The zero-order valence-electron chi connectivity index (χ0n) is 13.0. The molecule has 2 aromatic rings. The monoisotopic (exact) mass is 318 g/mol. The third-order valence-electron chi connectivity index (χ3n) is 3.55. The van der Waals surface area contributed by atoms with Crippen molar-refractivity contribution >= 4 is 23.0 Å². The van der Waals surface area contributed by atoms with Crippen LogP contribution in [0.4, 0.5) is 0 Å². The Morgan fingerprint density at radius 3 is 2.43 bits per heavy atom. The van der Waals surface area contributed by atoms with E-state index in [2.05, 4.69) is 16.5 Å². The lowest BCUT2D eigenvalue weighted by molar-refractivity contribution is 0.0643. The fraction of sp³-hybridized carbons (Fsp3) is 0.312. The number of fused-ring (bicyclic) bond motifs is 1. The minimum absolute atomic E-state index is 0.0193. The van der Waals surface area contributed by atoms with E-state index in [0.29, 0.717) is 23.9 Å². The number of hydrogen-bond acceptors (Lipinski definition) is 4. The Morgan fingerprint density at radius 1 is 1.26 bits per heavy atom. The first-order chi connectivity index (χ1) is 11.0. The van der Waals surface area contributed by atoms with Crippen molar-refractivity contribution in [3.63, 3.8) is 0 Å². The van der Waals surface area contributed by atoms with Crippen LogP contribution in [0.5, 0.6) is 5.75 Å². The Hall–Kier alpha value is -2.83. The summed E-state index contributed by atoms with van der Waals surface area (Å²) in [6.45, 7) is 7.46. The number of ether oxygens (including phenoxy) is 1. The van der Waals surface area contributed by atoms with Gasteiger partial charge in [0.25, 0.3) is 0 Å². The first-order valence-electron chi connectivity index (χ1n) is 7.23. The summed E-state index contributed by atoms with van der Waals surface area (Å²) in [6, 6.07) is 0. The predicted octanol–water partition coefficient (Wildman–Crippen LogP) is 2.65. The summed E-state index contributed by atoms with van der Waals surface area (Å²) in [7, 11) is 0. The molecule has 0 aliphatic carbocycles. The average Bonchev–Trinajstić information content (AvgIpc) is 2.88.